The Hall–Kier alpha value is -0.620. The molecule has 1 aromatic carbocycles. The molecule has 0 aromatic heterocycles. The molecule has 2 rings (SSSR count). The number of rotatable bonds is 1. The molecule has 0 radical (unpaired) electrons. The molecule has 0 amide bonds. The molecule has 1 aliphatic rings. The van der Waals surface area contributed by atoms with Crippen molar-refractivity contribution in [2.75, 3.05) is 0 Å². The SMILES string of the molecule is CCC1(O)NS(=O)(=O)c2c(Cl)cccc21. The van der Waals surface area contributed by atoms with Crippen molar-refractivity contribution in [3.63, 3.8) is 0 Å². The lowest BCUT2D eigenvalue weighted by atomic mass is 10.0. The van der Waals surface area contributed by atoms with Crippen LogP contribution in [0.4, 0.5) is 0 Å². The van der Waals surface area contributed by atoms with E-state index in [1.807, 2.05) is 0 Å². The summed E-state index contributed by atoms with van der Waals surface area (Å²) in [5.41, 5.74) is -1.21. The number of hydrogen-bond acceptors (Lipinski definition) is 3. The van der Waals surface area contributed by atoms with E-state index in [2.05, 4.69) is 4.72 Å². The Morgan fingerprint density at radius 3 is 2.80 bits per heavy atom. The highest BCUT2D eigenvalue weighted by Gasteiger charge is 2.45. The minimum Gasteiger partial charge on any atom is -0.371 e. The summed E-state index contributed by atoms with van der Waals surface area (Å²) in [5, 5.41) is 10.2. The molecule has 0 fully saturated rings. The lowest BCUT2D eigenvalue weighted by molar-refractivity contribution is 0.0240. The molecule has 6 heteroatoms. The van der Waals surface area contributed by atoms with Crippen molar-refractivity contribution in [3.8, 4) is 0 Å². The quantitative estimate of drug-likeness (QED) is 0.783. The van der Waals surface area contributed by atoms with E-state index in [4.69, 9.17) is 11.6 Å². The summed E-state index contributed by atoms with van der Waals surface area (Å²) >= 11 is 5.81. The number of sulfonamides is 1. The molecule has 1 aromatic rings. The second-order valence-electron chi connectivity index (χ2n) is 3.44. The molecule has 1 heterocycles. The van der Waals surface area contributed by atoms with Gasteiger partial charge in [0.25, 0.3) is 0 Å². The maximum Gasteiger partial charge on any atom is 0.245 e. The molecule has 2 N–H and O–H groups in total. The Labute approximate surface area is 92.9 Å². The van der Waals surface area contributed by atoms with Gasteiger partial charge in [0, 0.05) is 5.56 Å². The van der Waals surface area contributed by atoms with E-state index >= 15 is 0 Å². The molecule has 0 saturated heterocycles. The zero-order valence-corrected chi connectivity index (χ0v) is 9.56. The van der Waals surface area contributed by atoms with Crippen molar-refractivity contribution in [2.24, 2.45) is 0 Å². The number of hydrogen-bond donors (Lipinski definition) is 2. The summed E-state index contributed by atoms with van der Waals surface area (Å²) in [4.78, 5) is -0.0176. The fourth-order valence-corrected chi connectivity index (χ4v) is 3.83. The standard InChI is InChI=1S/C9H10ClNO3S/c1-2-9(12)6-4-3-5-7(10)8(6)15(13,14)11-9/h3-5,11-12H,2H2,1H3. The third-order valence-electron chi connectivity index (χ3n) is 2.50. The Kier molecular flexibility index (Phi) is 2.31. The van der Waals surface area contributed by atoms with Crippen molar-refractivity contribution in [2.45, 2.75) is 24.0 Å². The van der Waals surface area contributed by atoms with Crippen LogP contribution in [0.1, 0.15) is 18.9 Å². The average Bonchev–Trinajstić information content (AvgIpc) is 2.36. The van der Waals surface area contributed by atoms with E-state index in [0.717, 1.165) is 0 Å². The molecule has 0 spiro atoms. The van der Waals surface area contributed by atoms with Crippen LogP contribution in [0.15, 0.2) is 23.1 Å². The number of benzene rings is 1. The lowest BCUT2D eigenvalue weighted by Crippen LogP contribution is -2.38. The second kappa shape index (κ2) is 3.18. The molecule has 4 nitrogen and oxygen atoms in total. The first-order valence-electron chi connectivity index (χ1n) is 4.46. The molecule has 15 heavy (non-hydrogen) atoms. The van der Waals surface area contributed by atoms with Gasteiger partial charge in [-0.05, 0) is 12.5 Å². The topological polar surface area (TPSA) is 66.4 Å². The van der Waals surface area contributed by atoms with Gasteiger partial charge < -0.3 is 5.11 Å². The van der Waals surface area contributed by atoms with Gasteiger partial charge in [0.2, 0.25) is 10.0 Å². The number of fused-ring (bicyclic) bond motifs is 1. The molecule has 0 aliphatic carbocycles. The predicted molar refractivity (Wildman–Crippen MR) is 56.0 cm³/mol. The highest BCUT2D eigenvalue weighted by atomic mass is 35.5. The first-order valence-corrected chi connectivity index (χ1v) is 6.32. The highest BCUT2D eigenvalue weighted by Crippen LogP contribution is 2.39. The molecule has 1 atom stereocenters. The van der Waals surface area contributed by atoms with E-state index in [9.17, 15) is 13.5 Å². The summed E-state index contributed by atoms with van der Waals surface area (Å²) in [5.74, 6) is 0. The second-order valence-corrected chi connectivity index (χ2v) is 5.46. The monoisotopic (exact) mass is 247 g/mol. The van der Waals surface area contributed by atoms with Crippen molar-refractivity contribution in [3.05, 3.63) is 28.8 Å². The maximum absolute atomic E-state index is 11.7. The van der Waals surface area contributed by atoms with Crippen LogP contribution in [0, 0.1) is 0 Å². The van der Waals surface area contributed by atoms with E-state index in [1.165, 1.54) is 6.07 Å². The summed E-state index contributed by atoms with van der Waals surface area (Å²) in [7, 11) is -3.69. The summed E-state index contributed by atoms with van der Waals surface area (Å²) < 4.78 is 25.6. The number of aliphatic hydroxyl groups is 1. The minimum absolute atomic E-state index is 0.0176. The van der Waals surface area contributed by atoms with Gasteiger partial charge in [-0.25, -0.2) is 8.42 Å². The van der Waals surface area contributed by atoms with Gasteiger partial charge in [-0.3, -0.25) is 0 Å². The first kappa shape index (κ1) is 10.9. The van der Waals surface area contributed by atoms with Gasteiger partial charge in [-0.2, -0.15) is 4.72 Å². The Balaban J connectivity index is 2.80. The van der Waals surface area contributed by atoms with E-state index in [-0.39, 0.29) is 16.3 Å². The summed E-state index contributed by atoms with van der Waals surface area (Å²) in [6.07, 6.45) is 0.250. The van der Waals surface area contributed by atoms with Gasteiger partial charge >= 0.3 is 0 Å². The largest absolute Gasteiger partial charge is 0.371 e. The molecule has 0 saturated carbocycles. The van der Waals surface area contributed by atoms with Crippen LogP contribution in [0.2, 0.25) is 5.02 Å². The lowest BCUT2D eigenvalue weighted by Gasteiger charge is -2.20. The fourth-order valence-electron chi connectivity index (χ4n) is 1.70. The summed E-state index contributed by atoms with van der Waals surface area (Å²) in [6.45, 7) is 1.69. The Morgan fingerprint density at radius 2 is 2.20 bits per heavy atom. The third-order valence-corrected chi connectivity index (χ3v) is 4.51. The van der Waals surface area contributed by atoms with Crippen molar-refractivity contribution in [1.82, 2.24) is 4.72 Å². The maximum atomic E-state index is 11.7. The zero-order chi connectivity index (χ0) is 11.3. The highest BCUT2D eigenvalue weighted by molar-refractivity contribution is 7.90. The summed E-state index contributed by atoms with van der Waals surface area (Å²) in [6, 6.07) is 4.66. The smallest absolute Gasteiger partial charge is 0.245 e. The Bertz CT molecular complexity index is 514. The van der Waals surface area contributed by atoms with Gasteiger partial charge in [0.05, 0.1) is 5.02 Å². The van der Waals surface area contributed by atoms with Crippen LogP contribution in [0.25, 0.3) is 0 Å². The minimum atomic E-state index is -3.69. The first-order chi connectivity index (χ1) is 6.91. The molecular weight excluding hydrogens is 238 g/mol. The van der Waals surface area contributed by atoms with Crippen LogP contribution in [-0.2, 0) is 15.7 Å². The fraction of sp³-hybridized carbons (Fsp3) is 0.333. The van der Waals surface area contributed by atoms with Gasteiger partial charge in [0.15, 0.2) is 5.72 Å². The molecule has 0 bridgehead atoms. The van der Waals surface area contributed by atoms with Crippen molar-refractivity contribution >= 4 is 21.6 Å². The molecule has 1 aliphatic heterocycles. The van der Waals surface area contributed by atoms with E-state index in [0.29, 0.717) is 5.56 Å². The molecule has 82 valence electrons. The Morgan fingerprint density at radius 1 is 1.53 bits per heavy atom. The van der Waals surface area contributed by atoms with Gasteiger partial charge in [0.1, 0.15) is 4.90 Å². The van der Waals surface area contributed by atoms with Crippen molar-refractivity contribution in [1.29, 1.82) is 0 Å². The van der Waals surface area contributed by atoms with Crippen LogP contribution >= 0.6 is 11.6 Å². The van der Waals surface area contributed by atoms with Gasteiger partial charge in [-0.15, -0.1) is 0 Å². The van der Waals surface area contributed by atoms with Crippen LogP contribution in [0.5, 0.6) is 0 Å². The van der Waals surface area contributed by atoms with Crippen LogP contribution in [-0.4, -0.2) is 13.5 Å². The normalized spacial score (nSPS) is 27.7. The van der Waals surface area contributed by atoms with Gasteiger partial charge in [-0.1, -0.05) is 30.7 Å². The number of halogens is 1. The zero-order valence-electron chi connectivity index (χ0n) is 7.99. The molecular formula is C9H10ClNO3S. The van der Waals surface area contributed by atoms with Crippen LogP contribution < -0.4 is 4.72 Å². The van der Waals surface area contributed by atoms with E-state index in [1.54, 1.807) is 19.1 Å². The third kappa shape index (κ3) is 1.47. The molecule has 1 unspecified atom stereocenters. The van der Waals surface area contributed by atoms with E-state index < -0.39 is 15.7 Å². The average molecular weight is 248 g/mol. The number of nitrogens with one attached hydrogen (secondary N) is 1. The van der Waals surface area contributed by atoms with Crippen molar-refractivity contribution < 1.29 is 13.5 Å². The predicted octanol–water partition coefficient (Wildman–Crippen LogP) is 1.19. The van der Waals surface area contributed by atoms with Crippen LogP contribution in [0.3, 0.4) is 0 Å².